The van der Waals surface area contributed by atoms with Crippen molar-refractivity contribution in [2.24, 2.45) is 0 Å². The molecule has 1 aliphatic rings. The van der Waals surface area contributed by atoms with E-state index in [2.05, 4.69) is 10.6 Å². The highest BCUT2D eigenvalue weighted by Crippen LogP contribution is 2.06. The molecule has 1 rings (SSSR count). The number of hydrogen-bond donors (Lipinski definition) is 2. The van der Waals surface area contributed by atoms with E-state index in [1.165, 1.54) is 0 Å². The van der Waals surface area contributed by atoms with Gasteiger partial charge in [0.1, 0.15) is 0 Å². The van der Waals surface area contributed by atoms with E-state index in [0.717, 1.165) is 26.1 Å². The number of amides is 2. The van der Waals surface area contributed by atoms with E-state index in [1.54, 1.807) is 0 Å². The number of carbonyl (C=O) groups excluding carboxylic acids is 2. The molecule has 5 nitrogen and oxygen atoms in total. The van der Waals surface area contributed by atoms with Crippen molar-refractivity contribution >= 4 is 11.8 Å². The van der Waals surface area contributed by atoms with Crippen molar-refractivity contribution in [3.05, 3.63) is 0 Å². The van der Waals surface area contributed by atoms with Crippen molar-refractivity contribution in [1.82, 2.24) is 15.5 Å². The molecule has 0 spiro atoms. The second kappa shape index (κ2) is 7.27. The smallest absolute Gasteiger partial charge is 0.223 e. The molecule has 0 saturated carbocycles. The van der Waals surface area contributed by atoms with Gasteiger partial charge in [0.05, 0.1) is 0 Å². The van der Waals surface area contributed by atoms with Gasteiger partial charge in [0, 0.05) is 45.1 Å². The van der Waals surface area contributed by atoms with Crippen LogP contribution in [0, 0.1) is 0 Å². The van der Waals surface area contributed by atoms with Gasteiger partial charge in [-0.05, 0) is 13.3 Å². The van der Waals surface area contributed by atoms with Crippen molar-refractivity contribution in [1.29, 1.82) is 0 Å². The van der Waals surface area contributed by atoms with Crippen molar-refractivity contribution in [2.75, 3.05) is 26.2 Å². The Morgan fingerprint density at radius 3 is 2.82 bits per heavy atom. The van der Waals surface area contributed by atoms with Crippen LogP contribution in [0.3, 0.4) is 0 Å². The number of nitrogens with one attached hydrogen (secondary N) is 2. The molecule has 5 heteroatoms. The topological polar surface area (TPSA) is 61.4 Å². The molecule has 1 aliphatic heterocycles. The second-order valence-corrected chi connectivity index (χ2v) is 4.49. The van der Waals surface area contributed by atoms with Crippen LogP contribution in [0.25, 0.3) is 0 Å². The highest BCUT2D eigenvalue weighted by molar-refractivity contribution is 5.83. The van der Waals surface area contributed by atoms with Gasteiger partial charge in [-0.3, -0.25) is 9.59 Å². The zero-order chi connectivity index (χ0) is 12.7. The number of piperazine rings is 1. The molecule has 1 fully saturated rings. The van der Waals surface area contributed by atoms with Crippen LogP contribution in [0.2, 0.25) is 0 Å². The van der Waals surface area contributed by atoms with E-state index in [1.807, 2.05) is 18.7 Å². The molecular weight excluding hydrogens is 218 g/mol. The van der Waals surface area contributed by atoms with E-state index in [4.69, 9.17) is 0 Å². The van der Waals surface area contributed by atoms with Gasteiger partial charge in [0.2, 0.25) is 11.8 Å². The highest BCUT2D eigenvalue weighted by atomic mass is 16.2. The molecule has 0 radical (unpaired) electrons. The van der Waals surface area contributed by atoms with Crippen LogP contribution in [-0.2, 0) is 9.59 Å². The van der Waals surface area contributed by atoms with Gasteiger partial charge in [-0.1, -0.05) is 6.92 Å². The van der Waals surface area contributed by atoms with Crippen molar-refractivity contribution < 1.29 is 9.59 Å². The molecule has 0 bridgehead atoms. The lowest BCUT2D eigenvalue weighted by Crippen LogP contribution is -2.52. The Balaban J connectivity index is 2.26. The third-order valence-electron chi connectivity index (χ3n) is 2.96. The van der Waals surface area contributed by atoms with Gasteiger partial charge in [-0.25, -0.2) is 0 Å². The summed E-state index contributed by atoms with van der Waals surface area (Å²) in [5, 5.41) is 6.02. The first-order valence-corrected chi connectivity index (χ1v) is 6.42. The Bertz CT molecular complexity index is 268. The molecule has 98 valence electrons. The molecular formula is C12H23N3O2. The summed E-state index contributed by atoms with van der Waals surface area (Å²) in [5.74, 6) is 0.0636. The quantitative estimate of drug-likeness (QED) is 0.718. The lowest BCUT2D eigenvalue weighted by atomic mass is 10.2. The first-order valence-electron chi connectivity index (χ1n) is 6.42. The van der Waals surface area contributed by atoms with Crippen molar-refractivity contribution in [3.8, 4) is 0 Å². The fourth-order valence-corrected chi connectivity index (χ4v) is 1.93. The summed E-state index contributed by atoms with van der Waals surface area (Å²) in [4.78, 5) is 25.1. The van der Waals surface area contributed by atoms with Crippen LogP contribution >= 0.6 is 0 Å². The summed E-state index contributed by atoms with van der Waals surface area (Å²) in [6.45, 7) is 7.16. The van der Waals surface area contributed by atoms with Crippen molar-refractivity contribution in [2.45, 2.75) is 39.2 Å². The minimum absolute atomic E-state index is 0.0250. The molecule has 1 heterocycles. The van der Waals surface area contributed by atoms with Gasteiger partial charge >= 0.3 is 0 Å². The Morgan fingerprint density at radius 1 is 1.41 bits per heavy atom. The summed E-state index contributed by atoms with van der Waals surface area (Å²) in [7, 11) is 0. The zero-order valence-electron chi connectivity index (χ0n) is 10.8. The normalized spacial score (nSPS) is 20.1. The molecule has 2 N–H and O–H groups in total. The fraction of sp³-hybridized carbons (Fsp3) is 0.833. The van der Waals surface area contributed by atoms with Crippen LogP contribution < -0.4 is 10.6 Å². The van der Waals surface area contributed by atoms with Gasteiger partial charge in [0.15, 0.2) is 0 Å². The molecule has 0 unspecified atom stereocenters. The van der Waals surface area contributed by atoms with Crippen LogP contribution in [0.4, 0.5) is 0 Å². The largest absolute Gasteiger partial charge is 0.356 e. The van der Waals surface area contributed by atoms with E-state index < -0.39 is 0 Å². The average molecular weight is 241 g/mol. The minimum Gasteiger partial charge on any atom is -0.356 e. The predicted octanol–water partition coefficient (Wildman–Crippen LogP) is 0.113. The third-order valence-corrected chi connectivity index (χ3v) is 2.96. The number of hydrogen-bond acceptors (Lipinski definition) is 3. The summed E-state index contributed by atoms with van der Waals surface area (Å²) in [6.07, 6.45) is 1.55. The highest BCUT2D eigenvalue weighted by Gasteiger charge is 2.22. The molecule has 17 heavy (non-hydrogen) atoms. The van der Waals surface area contributed by atoms with Crippen molar-refractivity contribution in [3.63, 3.8) is 0 Å². The van der Waals surface area contributed by atoms with Gasteiger partial charge in [-0.2, -0.15) is 0 Å². The fourth-order valence-electron chi connectivity index (χ4n) is 1.93. The third kappa shape index (κ3) is 4.73. The number of nitrogens with zero attached hydrogens (tertiary/aromatic N) is 1. The summed E-state index contributed by atoms with van der Waals surface area (Å²) in [6, 6.07) is 0.231. The molecule has 1 saturated heterocycles. The molecule has 1 atom stereocenters. The standard InChI is InChI=1S/C12H23N3O2/c1-3-6-14-11(16)4-5-12(17)15-8-7-13-9-10(15)2/h10,13H,3-9H2,1-2H3,(H,14,16)/t10-/m0/s1. The molecule has 0 aromatic rings. The number of rotatable bonds is 5. The van der Waals surface area contributed by atoms with Gasteiger partial charge < -0.3 is 15.5 Å². The lowest BCUT2D eigenvalue weighted by molar-refractivity contribution is -0.136. The SMILES string of the molecule is CCCNC(=O)CCC(=O)N1CCNC[C@@H]1C. The summed E-state index contributed by atoms with van der Waals surface area (Å²) >= 11 is 0. The van der Waals surface area contributed by atoms with Crippen LogP contribution in [-0.4, -0.2) is 48.9 Å². The maximum Gasteiger partial charge on any atom is 0.223 e. The summed E-state index contributed by atoms with van der Waals surface area (Å²) in [5.41, 5.74) is 0. The van der Waals surface area contributed by atoms with E-state index in [-0.39, 0.29) is 17.9 Å². The van der Waals surface area contributed by atoms with Crippen LogP contribution in [0.5, 0.6) is 0 Å². The Hall–Kier alpha value is -1.10. The molecule has 2 amide bonds. The average Bonchev–Trinajstić information content (AvgIpc) is 2.34. The molecule has 0 aromatic carbocycles. The predicted molar refractivity (Wildman–Crippen MR) is 66.6 cm³/mol. The van der Waals surface area contributed by atoms with Gasteiger partial charge in [-0.15, -0.1) is 0 Å². The lowest BCUT2D eigenvalue weighted by Gasteiger charge is -2.34. The first kappa shape index (κ1) is 14.0. The van der Waals surface area contributed by atoms with Crippen LogP contribution in [0.15, 0.2) is 0 Å². The maximum absolute atomic E-state index is 11.9. The Kier molecular flexibility index (Phi) is 5.97. The molecule has 0 aliphatic carbocycles. The number of carbonyl (C=O) groups is 2. The second-order valence-electron chi connectivity index (χ2n) is 4.49. The molecule has 0 aromatic heterocycles. The monoisotopic (exact) mass is 241 g/mol. The Morgan fingerprint density at radius 2 is 2.18 bits per heavy atom. The maximum atomic E-state index is 11.9. The Labute approximate surface area is 103 Å². The van der Waals surface area contributed by atoms with Gasteiger partial charge in [0.25, 0.3) is 0 Å². The van der Waals surface area contributed by atoms with Crippen LogP contribution in [0.1, 0.15) is 33.1 Å². The summed E-state index contributed by atoms with van der Waals surface area (Å²) < 4.78 is 0. The zero-order valence-corrected chi connectivity index (χ0v) is 10.8. The van der Waals surface area contributed by atoms with E-state index in [9.17, 15) is 9.59 Å². The minimum atomic E-state index is -0.0250. The first-order chi connectivity index (χ1) is 8.15. The van der Waals surface area contributed by atoms with E-state index in [0.29, 0.717) is 19.4 Å². The van der Waals surface area contributed by atoms with E-state index >= 15 is 0 Å².